The molecule has 3 rings (SSSR count). The van der Waals surface area contributed by atoms with Crippen molar-refractivity contribution in [3.8, 4) is 0 Å². The third kappa shape index (κ3) is 4.63. The Hall–Kier alpha value is -2.91. The first-order valence-electron chi connectivity index (χ1n) is 9.10. The van der Waals surface area contributed by atoms with E-state index in [9.17, 15) is 4.79 Å². The van der Waals surface area contributed by atoms with Crippen LogP contribution < -0.4 is 4.90 Å². The summed E-state index contributed by atoms with van der Waals surface area (Å²) in [4.78, 5) is 17.0. The van der Waals surface area contributed by atoms with Crippen LogP contribution in [0.3, 0.4) is 0 Å². The van der Waals surface area contributed by atoms with E-state index in [4.69, 9.17) is 0 Å². The van der Waals surface area contributed by atoms with Gasteiger partial charge in [-0.2, -0.15) is 0 Å². The molecule has 0 heterocycles. The lowest BCUT2D eigenvalue weighted by Crippen LogP contribution is -2.23. The van der Waals surface area contributed by atoms with Crippen molar-refractivity contribution in [2.45, 2.75) is 6.54 Å². The highest BCUT2D eigenvalue weighted by molar-refractivity contribution is 6.10. The molecule has 0 aliphatic rings. The summed E-state index contributed by atoms with van der Waals surface area (Å²) in [6.07, 6.45) is 0. The Kier molecular flexibility index (Phi) is 5.72. The minimum atomic E-state index is 0.00787. The molecule has 3 aromatic carbocycles. The molecular weight excluding hydrogens is 332 g/mol. The average molecular weight is 358 g/mol. The molecule has 27 heavy (non-hydrogen) atoms. The Morgan fingerprint density at radius 2 is 1.56 bits per heavy atom. The van der Waals surface area contributed by atoms with Crippen molar-refractivity contribution in [2.75, 3.05) is 32.6 Å². The summed E-state index contributed by atoms with van der Waals surface area (Å²) in [6, 6.07) is 22.4. The summed E-state index contributed by atoms with van der Waals surface area (Å²) in [5.41, 5.74) is 3.67. The minimum absolute atomic E-state index is 0.00787. The van der Waals surface area contributed by atoms with Gasteiger partial charge < -0.3 is 4.90 Å². The predicted molar refractivity (Wildman–Crippen MR) is 115 cm³/mol. The zero-order chi connectivity index (χ0) is 19.4. The van der Waals surface area contributed by atoms with E-state index < -0.39 is 0 Å². The van der Waals surface area contributed by atoms with Crippen LogP contribution in [-0.2, 0) is 6.54 Å². The van der Waals surface area contributed by atoms with Crippen molar-refractivity contribution >= 4 is 22.2 Å². The number of carbonyl (C=O) groups is 1. The van der Waals surface area contributed by atoms with Gasteiger partial charge in [-0.05, 0) is 41.6 Å². The minimum Gasteiger partial charge on any atom is -0.378 e. The van der Waals surface area contributed by atoms with Crippen LogP contribution in [0.4, 0.5) is 5.69 Å². The van der Waals surface area contributed by atoms with Gasteiger partial charge in [-0.25, -0.2) is 0 Å². The van der Waals surface area contributed by atoms with E-state index in [2.05, 4.69) is 46.7 Å². The number of Topliss-reactive ketones (excluding diaryl/α,β-unsaturated/α-hetero) is 1. The lowest BCUT2D eigenvalue weighted by atomic mass is 10.00. The van der Waals surface area contributed by atoms with Gasteiger partial charge >= 0.3 is 0 Å². The number of benzene rings is 3. The largest absolute Gasteiger partial charge is 0.378 e. The molecule has 0 amide bonds. The monoisotopic (exact) mass is 358 g/mol. The maximum Gasteiger partial charge on any atom is 0.189 e. The van der Waals surface area contributed by atoms with Crippen molar-refractivity contribution in [2.24, 2.45) is 0 Å². The molecule has 0 aliphatic carbocycles. The van der Waals surface area contributed by atoms with E-state index in [-0.39, 0.29) is 5.78 Å². The Labute approximate surface area is 161 Å². The molecule has 0 spiro atoms. The van der Waals surface area contributed by atoms with Gasteiger partial charge in [0, 0.05) is 44.0 Å². The molecule has 0 aromatic heterocycles. The van der Waals surface area contributed by atoms with Crippen LogP contribution in [-0.4, -0.2) is 38.4 Å². The third-order valence-corrected chi connectivity index (χ3v) is 4.68. The van der Waals surface area contributed by atoms with E-state index in [0.717, 1.165) is 23.0 Å². The van der Waals surface area contributed by atoms with Crippen LogP contribution in [0.2, 0.25) is 0 Å². The lowest BCUT2D eigenvalue weighted by Gasteiger charge is -2.18. The second-order valence-corrected chi connectivity index (χ2v) is 7.23. The summed E-state index contributed by atoms with van der Waals surface area (Å²) in [7, 11) is 6.05. The van der Waals surface area contributed by atoms with Crippen molar-refractivity contribution in [1.29, 1.82) is 0 Å². The van der Waals surface area contributed by atoms with Gasteiger partial charge in [0.15, 0.2) is 5.78 Å². The number of anilines is 1. The quantitative estimate of drug-likeness (QED) is 0.449. The van der Waals surface area contributed by atoms with E-state index >= 15 is 0 Å². The summed E-state index contributed by atoms with van der Waals surface area (Å²) in [5.74, 6) is 0.00787. The number of fused-ring (bicyclic) bond motifs is 1. The number of carbonyl (C=O) groups excluding carboxylic acids is 1. The Morgan fingerprint density at radius 1 is 0.889 bits per heavy atom. The smallest absolute Gasteiger partial charge is 0.189 e. The Morgan fingerprint density at radius 3 is 2.26 bits per heavy atom. The summed E-state index contributed by atoms with van der Waals surface area (Å²) < 4.78 is 0. The van der Waals surface area contributed by atoms with Crippen molar-refractivity contribution in [3.63, 3.8) is 0 Å². The fraction of sp³-hybridized carbons (Fsp3) is 0.208. The molecule has 0 bridgehead atoms. The van der Waals surface area contributed by atoms with Crippen LogP contribution in [0, 0.1) is 0 Å². The van der Waals surface area contributed by atoms with E-state index in [1.165, 1.54) is 5.56 Å². The summed E-state index contributed by atoms with van der Waals surface area (Å²) in [6.45, 7) is 5.37. The number of nitrogens with zero attached hydrogens (tertiary/aromatic N) is 2. The molecule has 0 N–H and O–H groups in total. The summed E-state index contributed by atoms with van der Waals surface area (Å²) >= 11 is 0. The van der Waals surface area contributed by atoms with Crippen LogP contribution in [0.5, 0.6) is 0 Å². The number of hydrogen-bond donors (Lipinski definition) is 0. The highest BCUT2D eigenvalue weighted by Gasteiger charge is 2.13. The maximum absolute atomic E-state index is 12.8. The normalized spacial score (nSPS) is 11.0. The van der Waals surface area contributed by atoms with Crippen molar-refractivity contribution in [3.05, 3.63) is 90.0 Å². The van der Waals surface area contributed by atoms with Gasteiger partial charge in [-0.1, -0.05) is 55.1 Å². The molecule has 0 aliphatic heterocycles. The highest BCUT2D eigenvalue weighted by atomic mass is 16.1. The predicted octanol–water partition coefficient (Wildman–Crippen LogP) is 4.78. The van der Waals surface area contributed by atoms with Gasteiger partial charge in [0.1, 0.15) is 0 Å². The third-order valence-electron chi connectivity index (χ3n) is 4.68. The number of rotatable bonds is 7. The Bertz CT molecular complexity index is 961. The molecule has 0 atom stereocenters. The first-order chi connectivity index (χ1) is 12.9. The zero-order valence-corrected chi connectivity index (χ0v) is 16.3. The van der Waals surface area contributed by atoms with E-state index in [1.807, 2.05) is 57.5 Å². The van der Waals surface area contributed by atoms with Crippen LogP contribution >= 0.6 is 0 Å². The molecule has 0 unspecified atom stereocenters. The fourth-order valence-corrected chi connectivity index (χ4v) is 3.21. The second-order valence-electron chi connectivity index (χ2n) is 7.23. The van der Waals surface area contributed by atoms with Gasteiger partial charge in [-0.15, -0.1) is 0 Å². The van der Waals surface area contributed by atoms with Gasteiger partial charge in [0.05, 0.1) is 0 Å². The first kappa shape index (κ1) is 18.9. The number of likely N-dealkylation sites (N-methyl/N-ethyl adjacent to an activating group) is 1. The highest BCUT2D eigenvalue weighted by Crippen LogP contribution is 2.23. The molecule has 3 nitrogen and oxygen atoms in total. The standard InChI is InChI=1S/C24H26N2O/c1-18(16-26(4)17-19-8-6-5-7-9-19)24(27)22-11-10-21-15-23(25(2)3)13-12-20(21)14-22/h5-15H,1,16-17H2,2-4H3. The fourth-order valence-electron chi connectivity index (χ4n) is 3.21. The van der Waals surface area contributed by atoms with Crippen LogP contribution in [0.25, 0.3) is 10.8 Å². The maximum atomic E-state index is 12.8. The lowest BCUT2D eigenvalue weighted by molar-refractivity contribution is 0.102. The van der Waals surface area contributed by atoms with Crippen LogP contribution in [0.1, 0.15) is 15.9 Å². The van der Waals surface area contributed by atoms with Crippen LogP contribution in [0.15, 0.2) is 78.9 Å². The molecule has 0 fully saturated rings. The summed E-state index contributed by atoms with van der Waals surface area (Å²) in [5, 5.41) is 2.20. The SMILES string of the molecule is C=C(CN(C)Cc1ccccc1)C(=O)c1ccc2cc(N(C)C)ccc2c1. The molecular formula is C24H26N2O. The topological polar surface area (TPSA) is 23.6 Å². The van der Waals surface area contributed by atoms with E-state index in [1.54, 1.807) is 0 Å². The molecule has 0 saturated carbocycles. The molecule has 0 radical (unpaired) electrons. The van der Waals surface area contributed by atoms with Crippen molar-refractivity contribution < 1.29 is 4.79 Å². The van der Waals surface area contributed by atoms with E-state index in [0.29, 0.717) is 17.7 Å². The Balaban J connectivity index is 1.70. The zero-order valence-electron chi connectivity index (χ0n) is 16.3. The second kappa shape index (κ2) is 8.19. The molecule has 138 valence electrons. The van der Waals surface area contributed by atoms with Gasteiger partial charge in [0.2, 0.25) is 0 Å². The van der Waals surface area contributed by atoms with Gasteiger partial charge in [0.25, 0.3) is 0 Å². The average Bonchev–Trinajstić information content (AvgIpc) is 2.67. The number of hydrogen-bond acceptors (Lipinski definition) is 3. The molecule has 3 heteroatoms. The molecule has 0 saturated heterocycles. The number of ketones is 1. The first-order valence-corrected chi connectivity index (χ1v) is 9.10. The van der Waals surface area contributed by atoms with Crippen molar-refractivity contribution in [1.82, 2.24) is 4.90 Å². The molecule has 3 aromatic rings. The van der Waals surface area contributed by atoms with Gasteiger partial charge in [-0.3, -0.25) is 9.69 Å².